The first-order chi connectivity index (χ1) is 8.45. The van der Waals surface area contributed by atoms with Gasteiger partial charge in [-0.05, 0) is 42.6 Å². The fourth-order valence-corrected chi connectivity index (χ4v) is 4.28. The molecule has 3 aliphatic rings. The highest BCUT2D eigenvalue weighted by atomic mass is 16.6. The Hall–Kier alpha value is -0.830. The van der Waals surface area contributed by atoms with Crippen LogP contribution in [0.3, 0.4) is 0 Å². The minimum Gasteiger partial charge on any atom is -0.452 e. The minimum atomic E-state index is -0.511. The lowest BCUT2D eigenvalue weighted by Crippen LogP contribution is -2.53. The van der Waals surface area contributed by atoms with Crippen LogP contribution in [0.5, 0.6) is 0 Å². The Balaban J connectivity index is 2.02. The quantitative estimate of drug-likeness (QED) is 0.672. The number of ether oxygens (including phenoxy) is 1. The van der Waals surface area contributed by atoms with E-state index in [2.05, 4.69) is 13.8 Å². The van der Waals surface area contributed by atoms with Crippen molar-refractivity contribution in [3.63, 3.8) is 0 Å². The molecule has 2 fully saturated rings. The van der Waals surface area contributed by atoms with Crippen LogP contribution >= 0.6 is 0 Å². The monoisotopic (exact) mass is 250 g/mol. The van der Waals surface area contributed by atoms with Crippen molar-refractivity contribution in [1.29, 1.82) is 0 Å². The summed E-state index contributed by atoms with van der Waals surface area (Å²) in [5.74, 6) is 0.639. The molecule has 0 aromatic heterocycles. The molecular weight excluding hydrogens is 228 g/mol. The van der Waals surface area contributed by atoms with Crippen molar-refractivity contribution < 1.29 is 14.6 Å². The molecule has 0 aromatic rings. The number of carbonyl (C=O) groups is 1. The van der Waals surface area contributed by atoms with Crippen LogP contribution in [0.25, 0.3) is 0 Å². The number of esters is 1. The minimum absolute atomic E-state index is 0.124. The summed E-state index contributed by atoms with van der Waals surface area (Å²) in [6.07, 6.45) is 3.51. The molecule has 18 heavy (non-hydrogen) atoms. The molecule has 3 rings (SSSR count). The van der Waals surface area contributed by atoms with E-state index in [1.807, 2.05) is 6.92 Å². The summed E-state index contributed by atoms with van der Waals surface area (Å²) >= 11 is 0. The maximum absolute atomic E-state index is 11.7. The second-order valence-electron chi connectivity index (χ2n) is 6.59. The van der Waals surface area contributed by atoms with Crippen molar-refractivity contribution in [1.82, 2.24) is 0 Å². The highest BCUT2D eigenvalue weighted by molar-refractivity contribution is 5.91. The number of aliphatic hydroxyl groups is 1. The van der Waals surface area contributed by atoms with Crippen molar-refractivity contribution >= 4 is 5.97 Å². The first kappa shape index (κ1) is 12.2. The van der Waals surface area contributed by atoms with E-state index in [9.17, 15) is 9.90 Å². The summed E-state index contributed by atoms with van der Waals surface area (Å²) in [6.45, 7) is 6.40. The molecule has 0 radical (unpaired) electrons. The standard InChI is InChI=1S/C15H22O3/c1-8-5-4-6-11-12(16)13-10(7-15(8,11)3)9(2)14(17)18-13/h8,11-13,16H,4-7H2,1-3H3/t8-,11-,12-,13+,15+/m0/s1. The molecule has 0 spiro atoms. The molecule has 3 nitrogen and oxygen atoms in total. The summed E-state index contributed by atoms with van der Waals surface area (Å²) < 4.78 is 5.36. The molecule has 3 heteroatoms. The second-order valence-corrected chi connectivity index (χ2v) is 6.59. The zero-order valence-corrected chi connectivity index (χ0v) is 11.4. The lowest BCUT2D eigenvalue weighted by molar-refractivity contribution is -0.154. The lowest BCUT2D eigenvalue weighted by atomic mass is 9.53. The maximum atomic E-state index is 11.7. The molecule has 100 valence electrons. The van der Waals surface area contributed by atoms with Gasteiger partial charge in [-0.3, -0.25) is 0 Å². The van der Waals surface area contributed by atoms with E-state index in [1.54, 1.807) is 0 Å². The van der Waals surface area contributed by atoms with E-state index in [4.69, 9.17) is 4.74 Å². The Morgan fingerprint density at radius 1 is 1.39 bits per heavy atom. The Morgan fingerprint density at radius 3 is 2.83 bits per heavy atom. The van der Waals surface area contributed by atoms with Gasteiger partial charge < -0.3 is 9.84 Å². The van der Waals surface area contributed by atoms with Crippen LogP contribution in [0, 0.1) is 17.3 Å². The number of hydrogen-bond donors (Lipinski definition) is 1. The predicted octanol–water partition coefficient (Wildman–Crippen LogP) is 2.44. The van der Waals surface area contributed by atoms with Gasteiger partial charge in [0.1, 0.15) is 0 Å². The third kappa shape index (κ3) is 1.43. The number of hydrogen-bond acceptors (Lipinski definition) is 3. The van der Waals surface area contributed by atoms with Crippen molar-refractivity contribution in [3.8, 4) is 0 Å². The topological polar surface area (TPSA) is 46.5 Å². The van der Waals surface area contributed by atoms with Crippen LogP contribution in [0.1, 0.15) is 46.5 Å². The zero-order valence-electron chi connectivity index (χ0n) is 11.4. The molecule has 0 unspecified atom stereocenters. The summed E-state index contributed by atoms with van der Waals surface area (Å²) in [5, 5.41) is 10.6. The molecular formula is C15H22O3. The molecule has 0 aromatic carbocycles. The first-order valence-corrected chi connectivity index (χ1v) is 7.04. The van der Waals surface area contributed by atoms with E-state index in [0.717, 1.165) is 24.0 Å². The summed E-state index contributed by atoms with van der Waals surface area (Å²) in [5.41, 5.74) is 1.91. The molecule has 1 N–H and O–H groups in total. The van der Waals surface area contributed by atoms with Crippen LogP contribution in [0.2, 0.25) is 0 Å². The van der Waals surface area contributed by atoms with E-state index in [-0.39, 0.29) is 23.4 Å². The molecule has 0 amide bonds. The Bertz CT molecular complexity index is 425. The van der Waals surface area contributed by atoms with Gasteiger partial charge in [-0.1, -0.05) is 26.7 Å². The highest BCUT2D eigenvalue weighted by Crippen LogP contribution is 2.56. The highest BCUT2D eigenvalue weighted by Gasteiger charge is 2.55. The Morgan fingerprint density at radius 2 is 2.11 bits per heavy atom. The van der Waals surface area contributed by atoms with Gasteiger partial charge in [0.2, 0.25) is 0 Å². The third-order valence-electron chi connectivity index (χ3n) is 5.78. The SMILES string of the molecule is CC1=C2C[C@]3(C)[C@@H](C)CCC[C@H]3[C@H](O)[C@@H]2OC1=O. The van der Waals surface area contributed by atoms with Crippen LogP contribution in [0.15, 0.2) is 11.1 Å². The average Bonchev–Trinajstić information content (AvgIpc) is 2.60. The fraction of sp³-hybridized carbons (Fsp3) is 0.800. The van der Waals surface area contributed by atoms with Gasteiger partial charge in [-0.2, -0.15) is 0 Å². The van der Waals surface area contributed by atoms with Crippen LogP contribution < -0.4 is 0 Å². The first-order valence-electron chi connectivity index (χ1n) is 7.04. The van der Waals surface area contributed by atoms with Crippen molar-refractivity contribution in [3.05, 3.63) is 11.1 Å². The summed E-state index contributed by atoms with van der Waals surface area (Å²) in [6, 6.07) is 0. The normalized spacial score (nSPS) is 47.7. The average molecular weight is 250 g/mol. The van der Waals surface area contributed by atoms with Gasteiger partial charge in [-0.15, -0.1) is 0 Å². The van der Waals surface area contributed by atoms with Crippen LogP contribution in [-0.4, -0.2) is 23.3 Å². The number of rotatable bonds is 0. The van der Waals surface area contributed by atoms with E-state index in [0.29, 0.717) is 5.92 Å². The largest absolute Gasteiger partial charge is 0.452 e. The maximum Gasteiger partial charge on any atom is 0.334 e. The number of fused-ring (bicyclic) bond motifs is 2. The van der Waals surface area contributed by atoms with Crippen LogP contribution in [0.4, 0.5) is 0 Å². The van der Waals surface area contributed by atoms with Crippen molar-refractivity contribution in [2.45, 2.75) is 58.7 Å². The molecule has 5 atom stereocenters. The van der Waals surface area contributed by atoms with Gasteiger partial charge >= 0.3 is 5.97 Å². The predicted molar refractivity (Wildman–Crippen MR) is 67.8 cm³/mol. The second kappa shape index (κ2) is 3.83. The van der Waals surface area contributed by atoms with Gasteiger partial charge in [0.05, 0.1) is 6.10 Å². The van der Waals surface area contributed by atoms with Gasteiger partial charge in [0, 0.05) is 5.57 Å². The molecule has 0 bridgehead atoms. The molecule has 2 aliphatic carbocycles. The van der Waals surface area contributed by atoms with E-state index in [1.165, 1.54) is 12.8 Å². The molecule has 1 aliphatic heterocycles. The molecule has 0 saturated heterocycles. The number of aliphatic hydroxyl groups excluding tert-OH is 1. The summed E-state index contributed by atoms with van der Waals surface area (Å²) in [4.78, 5) is 11.7. The Labute approximate surface area is 108 Å². The van der Waals surface area contributed by atoms with Gasteiger partial charge in [0.25, 0.3) is 0 Å². The fourth-order valence-electron chi connectivity index (χ4n) is 4.28. The van der Waals surface area contributed by atoms with Crippen molar-refractivity contribution in [2.24, 2.45) is 17.3 Å². The van der Waals surface area contributed by atoms with Crippen molar-refractivity contribution in [2.75, 3.05) is 0 Å². The van der Waals surface area contributed by atoms with Crippen LogP contribution in [-0.2, 0) is 9.53 Å². The number of carbonyl (C=O) groups excluding carboxylic acids is 1. The third-order valence-corrected chi connectivity index (χ3v) is 5.78. The zero-order chi connectivity index (χ0) is 13.1. The Kier molecular flexibility index (Phi) is 2.60. The molecule has 1 heterocycles. The smallest absolute Gasteiger partial charge is 0.334 e. The molecule has 2 saturated carbocycles. The van der Waals surface area contributed by atoms with Gasteiger partial charge in [-0.25, -0.2) is 4.79 Å². The van der Waals surface area contributed by atoms with E-state index >= 15 is 0 Å². The lowest BCUT2D eigenvalue weighted by Gasteiger charge is -2.53. The van der Waals surface area contributed by atoms with E-state index < -0.39 is 6.10 Å². The van der Waals surface area contributed by atoms with Gasteiger partial charge in [0.15, 0.2) is 6.10 Å². The summed E-state index contributed by atoms with van der Waals surface area (Å²) in [7, 11) is 0.